The number of carbonyl (C=O) groups is 1. The summed E-state index contributed by atoms with van der Waals surface area (Å²) >= 11 is 0.502. The van der Waals surface area contributed by atoms with Crippen LogP contribution in [0.4, 0.5) is 19.6 Å². The van der Waals surface area contributed by atoms with E-state index >= 15 is 0 Å². The highest BCUT2D eigenvalue weighted by Crippen LogP contribution is 2.42. The summed E-state index contributed by atoms with van der Waals surface area (Å²) in [6, 6.07) is 5.88. The van der Waals surface area contributed by atoms with Gasteiger partial charge >= 0.3 is 0 Å². The number of amides is 1. The second kappa shape index (κ2) is 7.97. The van der Waals surface area contributed by atoms with Gasteiger partial charge in [-0.25, -0.2) is 14.4 Å². The van der Waals surface area contributed by atoms with Crippen LogP contribution in [-0.2, 0) is 14.8 Å². The summed E-state index contributed by atoms with van der Waals surface area (Å²) in [5, 5.41) is 1.30. The Kier molecular flexibility index (Phi) is 5.48. The number of aromatic nitrogens is 2. The van der Waals surface area contributed by atoms with E-state index < -0.39 is 21.0 Å². The lowest BCUT2D eigenvalue weighted by Gasteiger charge is -2.09. The van der Waals surface area contributed by atoms with Gasteiger partial charge in [-0.3, -0.25) is 9.52 Å². The molecule has 0 spiro atoms. The fourth-order valence-corrected chi connectivity index (χ4v) is 5.31. The third kappa shape index (κ3) is 4.57. The zero-order valence-corrected chi connectivity index (χ0v) is 18.2. The molecule has 0 atom stereocenters. The summed E-state index contributed by atoms with van der Waals surface area (Å²) in [6.45, 7) is 2.84. The van der Waals surface area contributed by atoms with Gasteiger partial charge in [0, 0.05) is 12.5 Å². The normalized spacial score (nSPS) is 13.8. The molecule has 4 rings (SSSR count). The van der Waals surface area contributed by atoms with Crippen LogP contribution in [0.15, 0.2) is 35.5 Å². The quantitative estimate of drug-likeness (QED) is 0.562. The van der Waals surface area contributed by atoms with Gasteiger partial charge in [0.15, 0.2) is 10.2 Å². The number of halogens is 2. The predicted molar refractivity (Wildman–Crippen MR) is 114 cm³/mol. The van der Waals surface area contributed by atoms with Gasteiger partial charge in [-0.05, 0) is 48.9 Å². The van der Waals surface area contributed by atoms with Crippen LogP contribution in [0.1, 0.15) is 36.8 Å². The topological polar surface area (TPSA) is 101 Å². The van der Waals surface area contributed by atoms with Crippen LogP contribution in [0.2, 0.25) is 0 Å². The largest absolute Gasteiger partial charge is 0.325 e. The van der Waals surface area contributed by atoms with Crippen molar-refractivity contribution < 1.29 is 22.0 Å². The van der Waals surface area contributed by atoms with E-state index in [1.54, 1.807) is 12.1 Å². The molecule has 0 saturated heterocycles. The number of nitrogens with zero attached hydrogens (tertiary/aromatic N) is 2. The number of nitrogens with one attached hydrogen (secondary N) is 2. The van der Waals surface area contributed by atoms with E-state index in [-0.39, 0.29) is 38.8 Å². The van der Waals surface area contributed by atoms with E-state index in [4.69, 9.17) is 0 Å². The van der Waals surface area contributed by atoms with Crippen molar-refractivity contribution in [2.45, 2.75) is 37.6 Å². The van der Waals surface area contributed by atoms with Crippen LogP contribution in [-0.4, -0.2) is 24.3 Å². The first kappa shape index (κ1) is 21.3. The monoisotopic (exact) mass is 464 g/mol. The molecule has 1 aliphatic carbocycles. The number of carbonyl (C=O) groups excluding carboxylic acids is 1. The van der Waals surface area contributed by atoms with Gasteiger partial charge in [-0.1, -0.05) is 23.5 Å². The minimum atomic E-state index is -4.16. The summed E-state index contributed by atoms with van der Waals surface area (Å²) in [7, 11) is -4.16. The van der Waals surface area contributed by atoms with Crippen LogP contribution in [0.25, 0.3) is 11.3 Å². The van der Waals surface area contributed by atoms with Gasteiger partial charge in [-0.15, -0.1) is 0 Å². The zero-order valence-electron chi connectivity index (χ0n) is 16.6. The van der Waals surface area contributed by atoms with Crippen molar-refractivity contribution in [1.82, 2.24) is 9.97 Å². The fourth-order valence-electron chi connectivity index (χ4n) is 3.20. The van der Waals surface area contributed by atoms with Gasteiger partial charge in [0.05, 0.1) is 11.9 Å². The molecule has 2 aromatic heterocycles. The molecule has 1 amide bonds. The third-order valence-corrected chi connectivity index (χ3v) is 6.99. The van der Waals surface area contributed by atoms with Crippen molar-refractivity contribution in [3.8, 4) is 11.3 Å². The van der Waals surface area contributed by atoms with E-state index in [1.807, 2.05) is 0 Å². The van der Waals surface area contributed by atoms with Crippen molar-refractivity contribution in [2.24, 2.45) is 0 Å². The number of benzene rings is 1. The standard InChI is InChI=1S/C20H18F2N4O3S2/c1-10-7-14(24-11(2)27)9-23-19(10)31(28,29)26-20-25-17(18(22)30-20)13-5-6-15(12-3-4-12)16(21)8-13/h5-9,12H,3-4H2,1-2H3,(H,24,27)(H,25,26). The molecule has 2 heterocycles. The molecular formula is C20H18F2N4O3S2. The van der Waals surface area contributed by atoms with Crippen molar-refractivity contribution in [3.05, 3.63) is 52.5 Å². The van der Waals surface area contributed by atoms with Crippen molar-refractivity contribution >= 4 is 38.1 Å². The van der Waals surface area contributed by atoms with Crippen LogP contribution in [0.3, 0.4) is 0 Å². The molecule has 0 radical (unpaired) electrons. The molecule has 7 nitrogen and oxygen atoms in total. The van der Waals surface area contributed by atoms with Gasteiger partial charge in [0.1, 0.15) is 11.5 Å². The fraction of sp³-hybridized carbons (Fsp3) is 0.250. The predicted octanol–water partition coefficient (Wildman–Crippen LogP) is 4.43. The van der Waals surface area contributed by atoms with Crippen LogP contribution >= 0.6 is 11.3 Å². The Hall–Kier alpha value is -2.92. The molecule has 162 valence electrons. The average Bonchev–Trinajstić information content (AvgIpc) is 3.44. The number of hydrogen-bond acceptors (Lipinski definition) is 6. The van der Waals surface area contributed by atoms with Crippen LogP contribution < -0.4 is 10.0 Å². The first-order valence-corrected chi connectivity index (χ1v) is 11.7. The Balaban J connectivity index is 1.59. The second-order valence-corrected chi connectivity index (χ2v) is 9.83. The van der Waals surface area contributed by atoms with Crippen molar-refractivity contribution in [1.29, 1.82) is 0 Å². The number of aryl methyl sites for hydroxylation is 1. The van der Waals surface area contributed by atoms with E-state index in [1.165, 1.54) is 32.2 Å². The molecule has 0 aliphatic heterocycles. The summed E-state index contributed by atoms with van der Waals surface area (Å²) in [5.74, 6) is -0.527. The Morgan fingerprint density at radius 2 is 1.97 bits per heavy atom. The van der Waals surface area contributed by atoms with Gasteiger partial charge in [-0.2, -0.15) is 12.8 Å². The van der Waals surface area contributed by atoms with Gasteiger partial charge in [0.25, 0.3) is 10.0 Å². The van der Waals surface area contributed by atoms with E-state index in [0.717, 1.165) is 12.8 Å². The minimum absolute atomic E-state index is 0.130. The Labute approximate surface area is 181 Å². The summed E-state index contributed by atoms with van der Waals surface area (Å²) in [4.78, 5) is 19.0. The Morgan fingerprint density at radius 3 is 2.58 bits per heavy atom. The third-order valence-electron chi connectivity index (χ3n) is 4.70. The Morgan fingerprint density at radius 1 is 1.23 bits per heavy atom. The van der Waals surface area contributed by atoms with Crippen LogP contribution in [0, 0.1) is 17.9 Å². The van der Waals surface area contributed by atoms with Gasteiger partial charge < -0.3 is 5.32 Å². The van der Waals surface area contributed by atoms with Crippen molar-refractivity contribution in [3.63, 3.8) is 0 Å². The summed E-state index contributed by atoms with van der Waals surface area (Å²) in [6.07, 6.45) is 3.08. The SMILES string of the molecule is CC(=O)Nc1cnc(S(=O)(=O)Nc2nc(-c3ccc(C4CC4)c(F)c3)c(F)s2)c(C)c1. The average molecular weight is 465 g/mol. The minimum Gasteiger partial charge on any atom is -0.325 e. The molecule has 11 heteroatoms. The van der Waals surface area contributed by atoms with Crippen LogP contribution in [0.5, 0.6) is 0 Å². The molecule has 1 aliphatic rings. The molecule has 1 aromatic carbocycles. The molecule has 1 saturated carbocycles. The maximum atomic E-state index is 14.5. The lowest BCUT2D eigenvalue weighted by molar-refractivity contribution is -0.114. The highest BCUT2D eigenvalue weighted by Gasteiger charge is 2.27. The first-order chi connectivity index (χ1) is 14.6. The van der Waals surface area contributed by atoms with Gasteiger partial charge in [0.2, 0.25) is 11.0 Å². The molecule has 1 fully saturated rings. The zero-order chi connectivity index (χ0) is 22.3. The number of anilines is 2. The van der Waals surface area contributed by atoms with E-state index in [0.29, 0.717) is 22.6 Å². The maximum absolute atomic E-state index is 14.5. The number of thiazole rings is 1. The maximum Gasteiger partial charge on any atom is 0.281 e. The smallest absolute Gasteiger partial charge is 0.281 e. The molecule has 31 heavy (non-hydrogen) atoms. The number of sulfonamides is 1. The molecule has 2 N–H and O–H groups in total. The molecule has 0 unspecified atom stereocenters. The highest BCUT2D eigenvalue weighted by molar-refractivity contribution is 7.92. The Bertz CT molecular complexity index is 1290. The van der Waals surface area contributed by atoms with E-state index in [9.17, 15) is 22.0 Å². The molecule has 0 bridgehead atoms. The number of rotatable bonds is 6. The lowest BCUT2D eigenvalue weighted by Crippen LogP contribution is -2.16. The second-order valence-electron chi connectivity index (χ2n) is 7.28. The van der Waals surface area contributed by atoms with E-state index in [2.05, 4.69) is 20.0 Å². The highest BCUT2D eigenvalue weighted by atomic mass is 32.2. The number of hydrogen-bond donors (Lipinski definition) is 2. The first-order valence-electron chi connectivity index (χ1n) is 9.37. The number of pyridine rings is 1. The molecule has 3 aromatic rings. The molecular weight excluding hydrogens is 446 g/mol. The summed E-state index contributed by atoms with van der Waals surface area (Å²) in [5.41, 5.74) is 1.34. The lowest BCUT2D eigenvalue weighted by atomic mass is 10.1. The summed E-state index contributed by atoms with van der Waals surface area (Å²) < 4.78 is 56.4. The van der Waals surface area contributed by atoms with Crippen molar-refractivity contribution in [2.75, 3.05) is 10.0 Å².